The number of carbonyl (C=O) groups is 1. The molecule has 1 aromatic carbocycles. The molecule has 128 valence electrons. The first-order valence-corrected chi connectivity index (χ1v) is 8.90. The molecule has 1 saturated heterocycles. The number of aromatic nitrogens is 1. The lowest BCUT2D eigenvalue weighted by Crippen LogP contribution is -2.45. The Morgan fingerprint density at radius 3 is 2.75 bits per heavy atom. The van der Waals surface area contributed by atoms with Gasteiger partial charge in [0.15, 0.2) is 0 Å². The van der Waals surface area contributed by atoms with Crippen LogP contribution in [0.5, 0.6) is 0 Å². The SMILES string of the molecule is CC1CN(c2ccccc2NC(=O)c2csc(CN)n2)CC(C)O1. The molecule has 3 rings (SSSR count). The molecule has 1 aromatic heterocycles. The van der Waals surface area contributed by atoms with Gasteiger partial charge in [-0.15, -0.1) is 11.3 Å². The van der Waals surface area contributed by atoms with Gasteiger partial charge in [-0.05, 0) is 26.0 Å². The van der Waals surface area contributed by atoms with Gasteiger partial charge in [-0.1, -0.05) is 12.1 Å². The monoisotopic (exact) mass is 346 g/mol. The van der Waals surface area contributed by atoms with Crippen molar-refractivity contribution in [1.82, 2.24) is 4.98 Å². The Morgan fingerprint density at radius 1 is 1.38 bits per heavy atom. The second-order valence-corrected chi connectivity index (χ2v) is 6.91. The van der Waals surface area contributed by atoms with E-state index in [1.165, 1.54) is 11.3 Å². The van der Waals surface area contributed by atoms with E-state index >= 15 is 0 Å². The minimum atomic E-state index is -0.215. The van der Waals surface area contributed by atoms with Gasteiger partial charge >= 0.3 is 0 Å². The third-order valence-electron chi connectivity index (χ3n) is 3.87. The first-order valence-electron chi connectivity index (χ1n) is 8.02. The molecular weight excluding hydrogens is 324 g/mol. The third kappa shape index (κ3) is 3.75. The molecule has 0 saturated carbocycles. The van der Waals surface area contributed by atoms with Crippen LogP contribution in [-0.4, -0.2) is 36.2 Å². The van der Waals surface area contributed by atoms with Crippen molar-refractivity contribution in [3.63, 3.8) is 0 Å². The van der Waals surface area contributed by atoms with Crippen molar-refractivity contribution in [1.29, 1.82) is 0 Å². The molecule has 0 radical (unpaired) electrons. The minimum absolute atomic E-state index is 0.156. The maximum atomic E-state index is 12.5. The Labute approximate surface area is 145 Å². The number of hydrogen-bond acceptors (Lipinski definition) is 6. The molecule has 2 unspecified atom stereocenters. The maximum absolute atomic E-state index is 12.5. The molecule has 1 aliphatic rings. The van der Waals surface area contributed by atoms with Crippen LogP contribution in [0.4, 0.5) is 11.4 Å². The molecule has 6 nitrogen and oxygen atoms in total. The summed E-state index contributed by atoms with van der Waals surface area (Å²) in [5, 5.41) is 5.46. The van der Waals surface area contributed by atoms with E-state index in [1.54, 1.807) is 5.38 Å². The predicted octanol–water partition coefficient (Wildman–Crippen LogP) is 2.47. The number of hydrogen-bond donors (Lipinski definition) is 2. The number of amides is 1. The third-order valence-corrected chi connectivity index (χ3v) is 4.74. The standard InChI is InChI=1S/C17H22N4O2S/c1-11-8-21(9-12(2)23-11)15-6-4-3-5-13(15)20-17(22)14-10-24-16(7-18)19-14/h3-6,10-12H,7-9,18H2,1-2H3,(H,20,22). The van der Waals surface area contributed by atoms with Crippen molar-refractivity contribution in [3.8, 4) is 0 Å². The van der Waals surface area contributed by atoms with Gasteiger partial charge in [-0.3, -0.25) is 4.79 Å². The Kier molecular flexibility index (Phi) is 5.13. The topological polar surface area (TPSA) is 80.5 Å². The van der Waals surface area contributed by atoms with Crippen molar-refractivity contribution in [2.45, 2.75) is 32.6 Å². The molecule has 0 spiro atoms. The second-order valence-electron chi connectivity index (χ2n) is 5.96. The molecule has 7 heteroatoms. The molecular formula is C17H22N4O2S. The lowest BCUT2D eigenvalue weighted by Gasteiger charge is -2.37. The summed E-state index contributed by atoms with van der Waals surface area (Å²) in [6.07, 6.45) is 0.311. The highest BCUT2D eigenvalue weighted by atomic mass is 32.1. The fraction of sp³-hybridized carbons (Fsp3) is 0.412. The van der Waals surface area contributed by atoms with Crippen molar-refractivity contribution < 1.29 is 9.53 Å². The molecule has 0 aliphatic carbocycles. The van der Waals surface area contributed by atoms with Crippen molar-refractivity contribution in [3.05, 3.63) is 40.3 Å². The lowest BCUT2D eigenvalue weighted by atomic mass is 10.1. The molecule has 1 fully saturated rings. The molecule has 2 heterocycles. The van der Waals surface area contributed by atoms with Gasteiger partial charge in [0.2, 0.25) is 0 Å². The highest BCUT2D eigenvalue weighted by molar-refractivity contribution is 7.09. The number of anilines is 2. The normalized spacial score (nSPS) is 20.9. The van der Waals surface area contributed by atoms with Crippen LogP contribution in [0.25, 0.3) is 0 Å². The first-order chi connectivity index (χ1) is 11.6. The van der Waals surface area contributed by atoms with Crippen LogP contribution in [0.1, 0.15) is 29.3 Å². The summed E-state index contributed by atoms with van der Waals surface area (Å²) in [6.45, 7) is 6.07. The van der Waals surface area contributed by atoms with Crippen molar-refractivity contribution >= 4 is 28.6 Å². The quantitative estimate of drug-likeness (QED) is 0.889. The second kappa shape index (κ2) is 7.29. The number of nitrogens with zero attached hydrogens (tertiary/aromatic N) is 2. The van der Waals surface area contributed by atoms with E-state index in [1.807, 2.05) is 24.3 Å². The molecule has 24 heavy (non-hydrogen) atoms. The van der Waals surface area contributed by atoms with Gasteiger partial charge in [0.1, 0.15) is 10.7 Å². The zero-order valence-corrected chi connectivity index (χ0v) is 14.7. The number of nitrogens with two attached hydrogens (primary N) is 1. The van der Waals surface area contributed by atoms with Crippen LogP contribution in [0, 0.1) is 0 Å². The number of para-hydroxylation sites is 2. The van der Waals surface area contributed by atoms with Crippen LogP contribution in [0.2, 0.25) is 0 Å². The van der Waals surface area contributed by atoms with Crippen LogP contribution >= 0.6 is 11.3 Å². The summed E-state index contributed by atoms with van der Waals surface area (Å²) in [5.74, 6) is -0.215. The van der Waals surface area contributed by atoms with E-state index in [0.717, 1.165) is 29.5 Å². The number of carbonyl (C=O) groups excluding carboxylic acids is 1. The van der Waals surface area contributed by atoms with E-state index in [2.05, 4.69) is 29.0 Å². The van der Waals surface area contributed by atoms with Crippen molar-refractivity contribution in [2.24, 2.45) is 5.73 Å². The average Bonchev–Trinajstić information content (AvgIpc) is 3.03. The van der Waals surface area contributed by atoms with E-state index in [9.17, 15) is 4.79 Å². The van der Waals surface area contributed by atoms with Crippen LogP contribution < -0.4 is 16.0 Å². The molecule has 1 aliphatic heterocycles. The molecule has 2 atom stereocenters. The van der Waals surface area contributed by atoms with Gasteiger partial charge in [-0.25, -0.2) is 4.98 Å². The van der Waals surface area contributed by atoms with E-state index in [4.69, 9.17) is 10.5 Å². The van der Waals surface area contributed by atoms with Gasteiger partial charge < -0.3 is 20.7 Å². The zero-order chi connectivity index (χ0) is 17.1. The summed E-state index contributed by atoms with van der Waals surface area (Å²) in [7, 11) is 0. The number of rotatable bonds is 4. The summed E-state index contributed by atoms with van der Waals surface area (Å²) in [4.78, 5) is 18.9. The predicted molar refractivity (Wildman–Crippen MR) is 96.6 cm³/mol. The number of ether oxygens (including phenoxy) is 1. The van der Waals surface area contributed by atoms with Gasteiger partial charge in [0.25, 0.3) is 5.91 Å². The number of morpholine rings is 1. The Morgan fingerprint density at radius 2 is 2.08 bits per heavy atom. The lowest BCUT2D eigenvalue weighted by molar-refractivity contribution is -0.00517. The fourth-order valence-electron chi connectivity index (χ4n) is 2.92. The highest BCUT2D eigenvalue weighted by Gasteiger charge is 2.24. The first kappa shape index (κ1) is 16.9. The van der Waals surface area contributed by atoms with E-state index in [-0.39, 0.29) is 18.1 Å². The highest BCUT2D eigenvalue weighted by Crippen LogP contribution is 2.29. The zero-order valence-electron chi connectivity index (χ0n) is 13.9. The summed E-state index contributed by atoms with van der Waals surface area (Å²) in [5.41, 5.74) is 7.75. The average molecular weight is 346 g/mol. The van der Waals surface area contributed by atoms with Gasteiger partial charge in [0.05, 0.1) is 23.6 Å². The number of thiazole rings is 1. The van der Waals surface area contributed by atoms with Crippen LogP contribution in [0.15, 0.2) is 29.6 Å². The van der Waals surface area contributed by atoms with Crippen LogP contribution in [-0.2, 0) is 11.3 Å². The van der Waals surface area contributed by atoms with Crippen LogP contribution in [0.3, 0.4) is 0 Å². The fourth-order valence-corrected chi connectivity index (χ4v) is 3.58. The maximum Gasteiger partial charge on any atom is 0.275 e. The summed E-state index contributed by atoms with van der Waals surface area (Å²) < 4.78 is 5.79. The number of nitrogens with one attached hydrogen (secondary N) is 1. The van der Waals surface area contributed by atoms with E-state index < -0.39 is 0 Å². The Hall–Kier alpha value is -1.96. The van der Waals surface area contributed by atoms with Gasteiger partial charge in [-0.2, -0.15) is 0 Å². The minimum Gasteiger partial charge on any atom is -0.372 e. The smallest absolute Gasteiger partial charge is 0.275 e. The molecule has 3 N–H and O–H groups in total. The molecule has 2 aromatic rings. The summed E-state index contributed by atoms with van der Waals surface area (Å²) >= 11 is 1.40. The Bertz CT molecular complexity index is 708. The largest absolute Gasteiger partial charge is 0.372 e. The number of benzene rings is 1. The molecule has 1 amide bonds. The molecule has 0 bridgehead atoms. The Balaban J connectivity index is 1.80. The van der Waals surface area contributed by atoms with Gasteiger partial charge in [0, 0.05) is 25.0 Å². The van der Waals surface area contributed by atoms with Crippen molar-refractivity contribution in [2.75, 3.05) is 23.3 Å². The van der Waals surface area contributed by atoms with E-state index in [0.29, 0.717) is 12.2 Å². The summed E-state index contributed by atoms with van der Waals surface area (Å²) in [6, 6.07) is 7.82.